The Morgan fingerprint density at radius 1 is 1.24 bits per heavy atom. The zero-order valence-electron chi connectivity index (χ0n) is 12.3. The molecule has 1 fully saturated rings. The van der Waals surface area contributed by atoms with Crippen LogP contribution in [0.3, 0.4) is 0 Å². The molecule has 0 unspecified atom stereocenters. The minimum atomic E-state index is 0.0726. The minimum absolute atomic E-state index is 0.0726. The molecule has 0 atom stereocenters. The number of nitrogens with two attached hydrogens (primary N) is 1. The Hall–Kier alpha value is -2.08. The van der Waals surface area contributed by atoms with Crippen LogP contribution in [0.25, 0.3) is 0 Å². The molecule has 0 radical (unpaired) electrons. The highest BCUT2D eigenvalue weighted by Gasteiger charge is 2.17. The maximum Gasteiger partial charge on any atom is 0.227 e. The van der Waals surface area contributed by atoms with Crippen LogP contribution in [0.1, 0.15) is 17.5 Å². The van der Waals surface area contributed by atoms with Crippen molar-refractivity contribution in [2.45, 2.75) is 12.8 Å². The second-order valence-electron chi connectivity index (χ2n) is 5.40. The summed E-state index contributed by atoms with van der Waals surface area (Å²) < 4.78 is 0. The fraction of sp³-hybridized carbons (Fsp3) is 0.467. The van der Waals surface area contributed by atoms with Gasteiger partial charge in [0.2, 0.25) is 5.91 Å². The van der Waals surface area contributed by atoms with E-state index in [-0.39, 0.29) is 11.7 Å². The molecule has 0 saturated carbocycles. The van der Waals surface area contributed by atoms with Gasteiger partial charge in [-0.2, -0.15) is 0 Å². The van der Waals surface area contributed by atoms with Crippen LogP contribution < -0.4 is 5.73 Å². The summed E-state index contributed by atoms with van der Waals surface area (Å²) >= 11 is 0. The van der Waals surface area contributed by atoms with E-state index in [2.05, 4.69) is 17.1 Å². The van der Waals surface area contributed by atoms with Crippen molar-refractivity contribution in [3.8, 4) is 0 Å². The predicted molar refractivity (Wildman–Crippen MR) is 81.4 cm³/mol. The maximum absolute atomic E-state index is 12.3. The second-order valence-corrected chi connectivity index (χ2v) is 5.40. The summed E-state index contributed by atoms with van der Waals surface area (Å²) in [6.07, 6.45) is 1.41. The van der Waals surface area contributed by atoms with Crippen molar-refractivity contribution in [3.63, 3.8) is 0 Å². The molecule has 0 spiro atoms. The number of likely N-dealkylation sites (N-methyl/N-ethyl adjacent to an activating group) is 1. The van der Waals surface area contributed by atoms with Gasteiger partial charge in [-0.25, -0.2) is 0 Å². The van der Waals surface area contributed by atoms with Gasteiger partial charge in [0, 0.05) is 25.2 Å². The summed E-state index contributed by atoms with van der Waals surface area (Å²) in [7, 11) is 2.08. The largest absolute Gasteiger partial charge is 0.409 e. The Kier molecular flexibility index (Phi) is 5.16. The summed E-state index contributed by atoms with van der Waals surface area (Å²) in [4.78, 5) is 16.5. The van der Waals surface area contributed by atoms with Crippen molar-refractivity contribution < 1.29 is 10.0 Å². The highest BCUT2D eigenvalue weighted by atomic mass is 16.4. The first-order valence-corrected chi connectivity index (χ1v) is 7.13. The number of carbonyl (C=O) groups is 1. The summed E-state index contributed by atoms with van der Waals surface area (Å²) in [5.74, 6) is 0.227. The van der Waals surface area contributed by atoms with Crippen LogP contribution in [-0.4, -0.2) is 60.0 Å². The van der Waals surface area contributed by atoms with Crippen molar-refractivity contribution in [2.75, 3.05) is 33.2 Å². The predicted octanol–water partition coefficient (Wildman–Crippen LogP) is 0.488. The number of amides is 1. The molecular weight excluding hydrogens is 268 g/mol. The van der Waals surface area contributed by atoms with E-state index in [0.29, 0.717) is 12.0 Å². The number of benzene rings is 1. The first kappa shape index (κ1) is 15.3. The molecule has 1 amide bonds. The Bertz CT molecular complexity index is 513. The van der Waals surface area contributed by atoms with E-state index in [4.69, 9.17) is 10.9 Å². The Morgan fingerprint density at radius 3 is 2.62 bits per heavy atom. The molecule has 0 aliphatic carbocycles. The van der Waals surface area contributed by atoms with Crippen LogP contribution in [0.5, 0.6) is 0 Å². The molecule has 1 aliphatic heterocycles. The van der Waals surface area contributed by atoms with E-state index < -0.39 is 0 Å². The zero-order valence-corrected chi connectivity index (χ0v) is 12.3. The second kappa shape index (κ2) is 7.08. The van der Waals surface area contributed by atoms with Crippen LogP contribution in [0, 0.1) is 0 Å². The zero-order chi connectivity index (χ0) is 15.2. The molecule has 6 heteroatoms. The number of rotatable bonds is 3. The molecule has 114 valence electrons. The third kappa shape index (κ3) is 4.19. The molecule has 21 heavy (non-hydrogen) atoms. The quantitative estimate of drug-likeness (QED) is 0.367. The van der Waals surface area contributed by atoms with Crippen LogP contribution in [0.15, 0.2) is 29.4 Å². The molecule has 0 aromatic heterocycles. The Labute approximate surface area is 124 Å². The normalized spacial score (nSPS) is 17.6. The van der Waals surface area contributed by atoms with Crippen molar-refractivity contribution in [2.24, 2.45) is 10.9 Å². The van der Waals surface area contributed by atoms with Crippen molar-refractivity contribution in [3.05, 3.63) is 35.4 Å². The molecule has 1 aliphatic rings. The highest BCUT2D eigenvalue weighted by molar-refractivity contribution is 5.97. The number of carbonyl (C=O) groups excluding carboxylic acids is 1. The monoisotopic (exact) mass is 290 g/mol. The van der Waals surface area contributed by atoms with Gasteiger partial charge in [-0.15, -0.1) is 0 Å². The van der Waals surface area contributed by atoms with E-state index in [1.54, 1.807) is 12.1 Å². The molecule has 1 heterocycles. The number of hydrogen-bond acceptors (Lipinski definition) is 4. The molecule has 0 bridgehead atoms. The molecule has 1 aromatic rings. The van der Waals surface area contributed by atoms with E-state index in [0.717, 1.165) is 38.2 Å². The summed E-state index contributed by atoms with van der Waals surface area (Å²) in [6.45, 7) is 3.58. The smallest absolute Gasteiger partial charge is 0.227 e. The van der Waals surface area contributed by atoms with Gasteiger partial charge in [-0.05, 0) is 25.6 Å². The van der Waals surface area contributed by atoms with E-state index in [1.807, 2.05) is 17.0 Å². The van der Waals surface area contributed by atoms with Crippen LogP contribution in [0.2, 0.25) is 0 Å². The van der Waals surface area contributed by atoms with Gasteiger partial charge in [0.1, 0.15) is 0 Å². The van der Waals surface area contributed by atoms with E-state index >= 15 is 0 Å². The molecule has 3 N–H and O–H groups in total. The fourth-order valence-corrected chi connectivity index (χ4v) is 2.43. The lowest BCUT2D eigenvalue weighted by atomic mass is 10.1. The van der Waals surface area contributed by atoms with E-state index in [1.165, 1.54) is 0 Å². The summed E-state index contributed by atoms with van der Waals surface area (Å²) in [5, 5.41) is 11.6. The third-order valence-electron chi connectivity index (χ3n) is 3.78. The summed E-state index contributed by atoms with van der Waals surface area (Å²) in [6, 6.07) is 7.20. The average Bonchev–Trinajstić information content (AvgIpc) is 2.72. The number of hydrogen-bond donors (Lipinski definition) is 2. The van der Waals surface area contributed by atoms with Crippen LogP contribution in [-0.2, 0) is 11.2 Å². The van der Waals surface area contributed by atoms with Crippen molar-refractivity contribution in [1.82, 2.24) is 9.80 Å². The fourth-order valence-electron chi connectivity index (χ4n) is 2.43. The van der Waals surface area contributed by atoms with E-state index in [9.17, 15) is 4.79 Å². The van der Waals surface area contributed by atoms with Gasteiger partial charge >= 0.3 is 0 Å². The molecule has 6 nitrogen and oxygen atoms in total. The van der Waals surface area contributed by atoms with Gasteiger partial charge < -0.3 is 20.7 Å². The number of amidine groups is 1. The van der Waals surface area contributed by atoms with Gasteiger partial charge in [-0.1, -0.05) is 29.4 Å². The Morgan fingerprint density at radius 2 is 1.95 bits per heavy atom. The lowest BCUT2D eigenvalue weighted by Gasteiger charge is -2.20. The SMILES string of the molecule is CN1CCCN(C(=O)Cc2ccc(C(N)=NO)cc2)CC1. The Balaban J connectivity index is 1.96. The van der Waals surface area contributed by atoms with Crippen molar-refractivity contribution >= 4 is 11.7 Å². The first-order chi connectivity index (χ1) is 10.1. The average molecular weight is 290 g/mol. The topological polar surface area (TPSA) is 82.2 Å². The van der Waals surface area contributed by atoms with Gasteiger partial charge in [0.15, 0.2) is 5.84 Å². The van der Waals surface area contributed by atoms with Crippen LogP contribution >= 0.6 is 0 Å². The number of oxime groups is 1. The molecule has 1 saturated heterocycles. The van der Waals surface area contributed by atoms with Crippen molar-refractivity contribution in [1.29, 1.82) is 0 Å². The van der Waals surface area contributed by atoms with Gasteiger partial charge in [0.05, 0.1) is 6.42 Å². The highest BCUT2D eigenvalue weighted by Crippen LogP contribution is 2.09. The standard InChI is InChI=1S/C15H22N4O2/c1-18-7-2-8-19(10-9-18)14(20)11-12-3-5-13(6-4-12)15(16)17-21/h3-6,21H,2,7-11H2,1H3,(H2,16,17). The number of nitrogens with zero attached hydrogens (tertiary/aromatic N) is 3. The molecular formula is C15H22N4O2. The lowest BCUT2D eigenvalue weighted by molar-refractivity contribution is -0.130. The summed E-state index contributed by atoms with van der Waals surface area (Å²) in [5.41, 5.74) is 7.09. The maximum atomic E-state index is 12.3. The third-order valence-corrected chi connectivity index (χ3v) is 3.78. The van der Waals surface area contributed by atoms with Gasteiger partial charge in [0.25, 0.3) is 0 Å². The minimum Gasteiger partial charge on any atom is -0.409 e. The lowest BCUT2D eigenvalue weighted by Crippen LogP contribution is -2.35. The van der Waals surface area contributed by atoms with Gasteiger partial charge in [-0.3, -0.25) is 4.79 Å². The first-order valence-electron chi connectivity index (χ1n) is 7.13. The molecule has 2 rings (SSSR count). The van der Waals surface area contributed by atoms with Crippen LogP contribution in [0.4, 0.5) is 0 Å². The molecule has 1 aromatic carbocycles.